The Balaban J connectivity index is 1.71. The van der Waals surface area contributed by atoms with E-state index < -0.39 is 11.9 Å². The summed E-state index contributed by atoms with van der Waals surface area (Å²) in [4.78, 5) is 41.9. The fourth-order valence-electron chi connectivity index (χ4n) is 3.91. The monoisotopic (exact) mass is 486 g/mol. The Hall–Kier alpha value is -4.40. The minimum atomic E-state index is -0.689. The predicted octanol–water partition coefficient (Wildman–Crippen LogP) is 4.16. The van der Waals surface area contributed by atoms with E-state index in [2.05, 4.69) is 15.0 Å². The van der Waals surface area contributed by atoms with E-state index in [1.54, 1.807) is 51.4 Å². The molecule has 3 heterocycles. The fourth-order valence-corrected chi connectivity index (χ4v) is 3.91. The van der Waals surface area contributed by atoms with E-state index in [0.29, 0.717) is 28.2 Å². The lowest BCUT2D eigenvalue weighted by atomic mass is 10.1. The molecule has 0 aliphatic rings. The average Bonchev–Trinajstić information content (AvgIpc) is 2.87. The normalized spacial score (nSPS) is 11.8. The fraction of sp³-hybridized carbons (Fsp3) is 0.222. The SMILES string of the molecule is Cc1cc2cc(C(=O)N(Cc3ccc(C(=O)N(C)C)cn3)C(C)c3ncccc3F)ccc2nc1N. The summed E-state index contributed by atoms with van der Waals surface area (Å²) in [6.45, 7) is 3.66. The molecule has 2 amide bonds. The second-order valence-corrected chi connectivity index (χ2v) is 8.82. The highest BCUT2D eigenvalue weighted by atomic mass is 19.1. The summed E-state index contributed by atoms with van der Waals surface area (Å²) in [6, 6.07) is 12.5. The number of carbonyl (C=O) groups excluding carboxylic acids is 2. The molecule has 3 aromatic heterocycles. The van der Waals surface area contributed by atoms with Crippen molar-refractivity contribution >= 4 is 28.5 Å². The number of hydrogen-bond acceptors (Lipinski definition) is 6. The summed E-state index contributed by atoms with van der Waals surface area (Å²) in [5.41, 5.74) is 8.95. The van der Waals surface area contributed by atoms with E-state index in [-0.39, 0.29) is 24.1 Å². The van der Waals surface area contributed by atoms with Crippen LogP contribution in [0.15, 0.2) is 60.9 Å². The second-order valence-electron chi connectivity index (χ2n) is 8.82. The molecule has 0 aliphatic heterocycles. The molecule has 0 radical (unpaired) electrons. The summed E-state index contributed by atoms with van der Waals surface area (Å²) in [6.07, 6.45) is 2.97. The zero-order valence-electron chi connectivity index (χ0n) is 20.6. The first-order valence-electron chi connectivity index (χ1n) is 11.4. The third-order valence-electron chi connectivity index (χ3n) is 6.01. The van der Waals surface area contributed by atoms with Gasteiger partial charge in [0.2, 0.25) is 0 Å². The maximum atomic E-state index is 14.6. The first-order valence-corrected chi connectivity index (χ1v) is 11.4. The van der Waals surface area contributed by atoms with Crippen molar-refractivity contribution in [2.75, 3.05) is 19.8 Å². The number of pyridine rings is 3. The summed E-state index contributed by atoms with van der Waals surface area (Å²) in [7, 11) is 3.32. The van der Waals surface area contributed by atoms with Crippen LogP contribution in [0.5, 0.6) is 0 Å². The van der Waals surface area contributed by atoms with Crippen LogP contribution in [0.2, 0.25) is 0 Å². The van der Waals surface area contributed by atoms with E-state index in [1.807, 2.05) is 13.0 Å². The second kappa shape index (κ2) is 10.1. The van der Waals surface area contributed by atoms with Gasteiger partial charge < -0.3 is 15.5 Å². The lowest BCUT2D eigenvalue weighted by Gasteiger charge is -2.29. The molecule has 4 aromatic rings. The molecule has 0 fully saturated rings. The van der Waals surface area contributed by atoms with Gasteiger partial charge in [-0.3, -0.25) is 19.6 Å². The number of rotatable bonds is 6. The van der Waals surface area contributed by atoms with Crippen molar-refractivity contribution in [1.29, 1.82) is 0 Å². The third-order valence-corrected chi connectivity index (χ3v) is 6.01. The molecule has 2 N–H and O–H groups in total. The number of fused-ring (bicyclic) bond motifs is 1. The molecule has 1 unspecified atom stereocenters. The first-order chi connectivity index (χ1) is 17.2. The number of nitrogens with zero attached hydrogens (tertiary/aromatic N) is 5. The molecular weight excluding hydrogens is 459 g/mol. The van der Waals surface area contributed by atoms with Gasteiger partial charge in [0.25, 0.3) is 11.8 Å². The predicted molar refractivity (Wildman–Crippen MR) is 136 cm³/mol. The van der Waals surface area contributed by atoms with Gasteiger partial charge in [-0.25, -0.2) is 9.37 Å². The molecule has 0 aliphatic carbocycles. The van der Waals surface area contributed by atoms with E-state index >= 15 is 0 Å². The zero-order chi connectivity index (χ0) is 26.0. The topological polar surface area (TPSA) is 105 Å². The molecule has 4 rings (SSSR count). The summed E-state index contributed by atoms with van der Waals surface area (Å²) in [5.74, 6) is -0.563. The number of anilines is 1. The summed E-state index contributed by atoms with van der Waals surface area (Å²) < 4.78 is 14.6. The van der Waals surface area contributed by atoms with Crippen LogP contribution in [0.25, 0.3) is 10.9 Å². The van der Waals surface area contributed by atoms with Crippen molar-refractivity contribution in [2.24, 2.45) is 0 Å². The molecule has 0 spiro atoms. The molecule has 0 saturated carbocycles. The van der Waals surface area contributed by atoms with E-state index in [4.69, 9.17) is 5.73 Å². The molecule has 1 aromatic carbocycles. The van der Waals surface area contributed by atoms with Crippen molar-refractivity contribution in [2.45, 2.75) is 26.4 Å². The Labute approximate surface area is 208 Å². The highest BCUT2D eigenvalue weighted by Crippen LogP contribution is 2.27. The number of amides is 2. The molecule has 184 valence electrons. The first kappa shape index (κ1) is 24.7. The summed E-state index contributed by atoms with van der Waals surface area (Å²) in [5, 5.41) is 0.772. The minimum Gasteiger partial charge on any atom is -0.383 e. The van der Waals surface area contributed by atoms with Gasteiger partial charge in [0, 0.05) is 37.4 Å². The number of aryl methyl sites for hydroxylation is 1. The van der Waals surface area contributed by atoms with Crippen LogP contribution in [-0.4, -0.2) is 50.7 Å². The highest BCUT2D eigenvalue weighted by molar-refractivity contribution is 5.98. The molecule has 9 heteroatoms. The smallest absolute Gasteiger partial charge is 0.254 e. The average molecular weight is 487 g/mol. The minimum absolute atomic E-state index is 0.0868. The van der Waals surface area contributed by atoms with Crippen LogP contribution in [0.4, 0.5) is 10.2 Å². The van der Waals surface area contributed by atoms with Gasteiger partial charge in [0.1, 0.15) is 11.6 Å². The molecule has 1 atom stereocenters. The van der Waals surface area contributed by atoms with E-state index in [9.17, 15) is 14.0 Å². The van der Waals surface area contributed by atoms with Crippen LogP contribution < -0.4 is 5.73 Å². The molecular formula is C27H27FN6O2. The summed E-state index contributed by atoms with van der Waals surface area (Å²) >= 11 is 0. The number of aromatic nitrogens is 3. The van der Waals surface area contributed by atoms with Gasteiger partial charge in [0.15, 0.2) is 0 Å². The zero-order valence-corrected chi connectivity index (χ0v) is 20.6. The van der Waals surface area contributed by atoms with Crippen molar-refractivity contribution in [3.05, 3.63) is 94.8 Å². The largest absolute Gasteiger partial charge is 0.383 e. The Morgan fingerprint density at radius 2 is 1.78 bits per heavy atom. The maximum Gasteiger partial charge on any atom is 0.254 e. The quantitative estimate of drug-likeness (QED) is 0.439. The molecule has 0 saturated heterocycles. The van der Waals surface area contributed by atoms with Crippen LogP contribution >= 0.6 is 0 Å². The van der Waals surface area contributed by atoms with Crippen LogP contribution in [0.1, 0.15) is 50.6 Å². The third kappa shape index (κ3) is 5.00. The van der Waals surface area contributed by atoms with Crippen LogP contribution in [-0.2, 0) is 6.54 Å². The lowest BCUT2D eigenvalue weighted by molar-refractivity contribution is 0.0663. The van der Waals surface area contributed by atoms with Crippen molar-refractivity contribution in [3.8, 4) is 0 Å². The van der Waals surface area contributed by atoms with Crippen molar-refractivity contribution < 1.29 is 14.0 Å². The Bertz CT molecular complexity index is 1440. The Kier molecular flexibility index (Phi) is 6.91. The molecule has 36 heavy (non-hydrogen) atoms. The number of benzene rings is 1. The van der Waals surface area contributed by atoms with Crippen molar-refractivity contribution in [1.82, 2.24) is 24.8 Å². The Morgan fingerprint density at radius 1 is 1.03 bits per heavy atom. The maximum absolute atomic E-state index is 14.6. The van der Waals surface area contributed by atoms with E-state index in [0.717, 1.165) is 10.9 Å². The number of hydrogen-bond donors (Lipinski definition) is 1. The van der Waals surface area contributed by atoms with Gasteiger partial charge >= 0.3 is 0 Å². The lowest BCUT2D eigenvalue weighted by Crippen LogP contribution is -2.34. The van der Waals surface area contributed by atoms with Gasteiger partial charge in [-0.05, 0) is 67.9 Å². The highest BCUT2D eigenvalue weighted by Gasteiger charge is 2.27. The van der Waals surface area contributed by atoms with E-state index in [1.165, 1.54) is 34.3 Å². The van der Waals surface area contributed by atoms with Gasteiger partial charge in [-0.2, -0.15) is 0 Å². The van der Waals surface area contributed by atoms with Gasteiger partial charge in [-0.15, -0.1) is 0 Å². The van der Waals surface area contributed by atoms with Crippen molar-refractivity contribution in [3.63, 3.8) is 0 Å². The molecule has 8 nitrogen and oxygen atoms in total. The van der Waals surface area contributed by atoms with Gasteiger partial charge in [-0.1, -0.05) is 0 Å². The van der Waals surface area contributed by atoms with Crippen LogP contribution in [0.3, 0.4) is 0 Å². The number of nitrogens with two attached hydrogens (primary N) is 1. The number of nitrogen functional groups attached to an aromatic ring is 1. The number of halogens is 1. The molecule has 0 bridgehead atoms. The van der Waals surface area contributed by atoms with Gasteiger partial charge in [0.05, 0.1) is 35.1 Å². The Morgan fingerprint density at radius 3 is 2.44 bits per heavy atom. The number of carbonyl (C=O) groups is 2. The standard InChI is InChI=1S/C27H27FN6O2/c1-16-12-20-13-18(8-10-23(20)32-25(16)29)27(36)34(17(2)24-22(28)6-5-11-30-24)15-21-9-7-19(14-31-21)26(35)33(3)4/h5-14,17H,15H2,1-4H3,(H2,29,32). The van der Waals surface area contributed by atoms with Crippen LogP contribution in [0, 0.1) is 12.7 Å².